The molecule has 0 N–H and O–H groups in total. The molecule has 0 bridgehead atoms. The molecule has 1 saturated heterocycles. The van der Waals surface area contributed by atoms with Crippen molar-refractivity contribution in [3.05, 3.63) is 101 Å². The summed E-state index contributed by atoms with van der Waals surface area (Å²) in [7, 11) is 0. The van der Waals surface area contributed by atoms with E-state index in [1.165, 1.54) is 31.2 Å². The zero-order valence-corrected chi connectivity index (χ0v) is 26.6. The van der Waals surface area contributed by atoms with Gasteiger partial charge in [-0.3, -0.25) is 9.59 Å². The van der Waals surface area contributed by atoms with Crippen molar-refractivity contribution >= 4 is 23.7 Å². The van der Waals surface area contributed by atoms with E-state index in [-0.39, 0.29) is 25.2 Å². The molecule has 230 valence electrons. The first-order valence-electron chi connectivity index (χ1n) is 14.6. The molecule has 0 aromatic heterocycles. The summed E-state index contributed by atoms with van der Waals surface area (Å²) in [6, 6.07) is 26.0. The Labute approximate surface area is 259 Å². The minimum atomic E-state index is -0.831. The minimum Gasteiger partial charge on any atom is -0.463 e. The van der Waals surface area contributed by atoms with Crippen LogP contribution in [0.5, 0.6) is 0 Å². The second-order valence-electron chi connectivity index (χ2n) is 11.8. The lowest BCUT2D eigenvalue weighted by molar-refractivity contribution is -0.246. The van der Waals surface area contributed by atoms with Crippen molar-refractivity contribution in [1.29, 1.82) is 0 Å². The van der Waals surface area contributed by atoms with Crippen LogP contribution in [0.15, 0.2) is 83.8 Å². The van der Waals surface area contributed by atoms with E-state index in [0.717, 1.165) is 21.6 Å². The van der Waals surface area contributed by atoms with Crippen LogP contribution in [0, 0.1) is 6.92 Å². The minimum absolute atomic E-state index is 0.0475. The van der Waals surface area contributed by atoms with Crippen molar-refractivity contribution in [2.75, 3.05) is 6.61 Å². The summed E-state index contributed by atoms with van der Waals surface area (Å²) in [6.07, 6.45) is -3.00. The van der Waals surface area contributed by atoms with Crippen LogP contribution in [0.2, 0.25) is 0 Å². The van der Waals surface area contributed by atoms with E-state index in [9.17, 15) is 9.59 Å². The van der Waals surface area contributed by atoms with Crippen molar-refractivity contribution < 1.29 is 33.3 Å². The van der Waals surface area contributed by atoms with Gasteiger partial charge in [0.15, 0.2) is 6.10 Å². The zero-order chi connectivity index (χ0) is 31.0. The van der Waals surface area contributed by atoms with Gasteiger partial charge in [0.1, 0.15) is 30.4 Å². The first-order chi connectivity index (χ1) is 20.5. The number of hydrogen-bond acceptors (Lipinski definition) is 8. The topological polar surface area (TPSA) is 80.3 Å². The average molecular weight is 607 g/mol. The van der Waals surface area contributed by atoms with Crippen LogP contribution in [-0.4, -0.2) is 48.4 Å². The van der Waals surface area contributed by atoms with E-state index >= 15 is 0 Å². The van der Waals surface area contributed by atoms with Gasteiger partial charge in [-0.1, -0.05) is 105 Å². The average Bonchev–Trinajstić information content (AvgIpc) is 2.96. The van der Waals surface area contributed by atoms with Gasteiger partial charge in [0.2, 0.25) is 0 Å². The lowest BCUT2D eigenvalue weighted by atomic mass is 9.87. The first kappa shape index (κ1) is 32.7. The monoisotopic (exact) mass is 606 g/mol. The van der Waals surface area contributed by atoms with Crippen molar-refractivity contribution in [1.82, 2.24) is 0 Å². The molecule has 0 saturated carbocycles. The molecule has 3 aromatic rings. The van der Waals surface area contributed by atoms with Crippen LogP contribution >= 0.6 is 11.8 Å². The lowest BCUT2D eigenvalue weighted by Crippen LogP contribution is -2.60. The maximum Gasteiger partial charge on any atom is 0.303 e. The van der Waals surface area contributed by atoms with Crippen LogP contribution in [-0.2, 0) is 51.9 Å². The number of esters is 2. The van der Waals surface area contributed by atoms with Crippen LogP contribution in [0.4, 0.5) is 0 Å². The molecule has 8 heteroatoms. The summed E-state index contributed by atoms with van der Waals surface area (Å²) in [4.78, 5) is 25.4. The Morgan fingerprint density at radius 2 is 1.37 bits per heavy atom. The Kier molecular flexibility index (Phi) is 11.4. The Hall–Kier alpha value is -3.17. The van der Waals surface area contributed by atoms with Crippen molar-refractivity contribution in [3.8, 4) is 0 Å². The molecule has 0 aliphatic carbocycles. The van der Waals surface area contributed by atoms with Crippen molar-refractivity contribution in [2.45, 2.75) is 94.9 Å². The third-order valence-corrected chi connectivity index (χ3v) is 8.52. The van der Waals surface area contributed by atoms with Gasteiger partial charge in [0.05, 0.1) is 13.2 Å². The first-order valence-corrected chi connectivity index (χ1v) is 15.4. The number of carbonyl (C=O) groups excluding carboxylic acids is 2. The standard InChI is InChI=1S/C35H42O7S/c1-23-17-18-28(35(4,5)6)19-30(23)43-34-33(40-21-27-15-11-8-12-16-27)32(41-25(3)37)31(29(42-34)22-38-24(2)36)39-20-26-13-9-7-10-14-26/h7-19,29,31-34H,20-22H2,1-6H3/t29-,31+,32+,33-,34+/m1/s1. The highest BCUT2D eigenvalue weighted by atomic mass is 32.2. The molecule has 0 amide bonds. The van der Waals surface area contributed by atoms with E-state index in [1.807, 2.05) is 60.7 Å². The van der Waals surface area contributed by atoms with Gasteiger partial charge in [0, 0.05) is 18.7 Å². The zero-order valence-electron chi connectivity index (χ0n) is 25.8. The number of aryl methyl sites for hydroxylation is 1. The molecule has 0 unspecified atom stereocenters. The Balaban J connectivity index is 1.72. The number of thioether (sulfide) groups is 1. The molecule has 1 heterocycles. The highest BCUT2D eigenvalue weighted by molar-refractivity contribution is 7.99. The number of carbonyl (C=O) groups is 2. The van der Waals surface area contributed by atoms with Gasteiger partial charge in [-0.25, -0.2) is 0 Å². The third-order valence-electron chi connectivity index (χ3n) is 7.21. The van der Waals surface area contributed by atoms with Gasteiger partial charge in [-0.15, -0.1) is 0 Å². The summed E-state index contributed by atoms with van der Waals surface area (Å²) in [5, 5.41) is 0. The summed E-state index contributed by atoms with van der Waals surface area (Å²) >= 11 is 1.52. The van der Waals surface area contributed by atoms with Crippen LogP contribution in [0.25, 0.3) is 0 Å². The molecule has 5 atom stereocenters. The van der Waals surface area contributed by atoms with E-state index in [0.29, 0.717) is 0 Å². The molecule has 3 aromatic carbocycles. The number of rotatable bonds is 11. The number of hydrogen-bond donors (Lipinski definition) is 0. The highest BCUT2D eigenvalue weighted by Gasteiger charge is 2.50. The maximum absolute atomic E-state index is 12.5. The quantitative estimate of drug-likeness (QED) is 0.221. The fourth-order valence-corrected chi connectivity index (χ4v) is 6.13. The number of ether oxygens (including phenoxy) is 5. The molecular weight excluding hydrogens is 564 g/mol. The predicted molar refractivity (Wildman–Crippen MR) is 167 cm³/mol. The van der Waals surface area contributed by atoms with E-state index < -0.39 is 41.8 Å². The fraction of sp³-hybridized carbons (Fsp3) is 0.429. The third kappa shape index (κ3) is 9.41. The Morgan fingerprint density at radius 3 is 1.91 bits per heavy atom. The van der Waals surface area contributed by atoms with Crippen molar-refractivity contribution in [3.63, 3.8) is 0 Å². The van der Waals surface area contributed by atoms with E-state index in [1.54, 1.807) is 0 Å². The molecule has 0 radical (unpaired) electrons. The second-order valence-corrected chi connectivity index (χ2v) is 12.9. The lowest BCUT2D eigenvalue weighted by Gasteiger charge is -2.45. The Morgan fingerprint density at radius 1 is 0.791 bits per heavy atom. The summed E-state index contributed by atoms with van der Waals surface area (Å²) in [5.41, 5.74) is 3.56. The molecule has 1 aliphatic heterocycles. The summed E-state index contributed by atoms with van der Waals surface area (Å²) < 4.78 is 31.1. The van der Waals surface area contributed by atoms with E-state index in [2.05, 4.69) is 45.9 Å². The van der Waals surface area contributed by atoms with Crippen LogP contribution in [0.3, 0.4) is 0 Å². The van der Waals surface area contributed by atoms with Crippen LogP contribution in [0.1, 0.15) is 56.9 Å². The Bertz CT molecular complexity index is 1340. The van der Waals surface area contributed by atoms with E-state index in [4.69, 9.17) is 23.7 Å². The van der Waals surface area contributed by atoms with Gasteiger partial charge >= 0.3 is 11.9 Å². The predicted octanol–water partition coefficient (Wildman–Crippen LogP) is 6.78. The largest absolute Gasteiger partial charge is 0.463 e. The normalized spacial score (nSPS) is 22.1. The van der Waals surface area contributed by atoms with Gasteiger partial charge in [-0.05, 0) is 40.7 Å². The fourth-order valence-electron chi connectivity index (χ4n) is 4.86. The molecular formula is C35H42O7S. The molecule has 7 nitrogen and oxygen atoms in total. The highest BCUT2D eigenvalue weighted by Crippen LogP contribution is 2.40. The number of benzene rings is 3. The van der Waals surface area contributed by atoms with Gasteiger partial charge < -0.3 is 23.7 Å². The van der Waals surface area contributed by atoms with Crippen molar-refractivity contribution in [2.24, 2.45) is 0 Å². The molecule has 0 spiro atoms. The smallest absolute Gasteiger partial charge is 0.303 e. The van der Waals surface area contributed by atoms with Gasteiger partial charge in [0.25, 0.3) is 0 Å². The molecule has 1 fully saturated rings. The molecule has 43 heavy (non-hydrogen) atoms. The van der Waals surface area contributed by atoms with Crippen LogP contribution < -0.4 is 0 Å². The summed E-state index contributed by atoms with van der Waals surface area (Å²) in [6.45, 7) is 11.8. The second kappa shape index (κ2) is 15.0. The molecule has 4 rings (SSSR count). The maximum atomic E-state index is 12.5. The SMILES string of the molecule is CC(=O)OC[C@H]1O[C@@H](Sc2cc(C(C)(C)C)ccc2C)[C@H](OCc2ccccc2)[C@@H](OC(C)=O)[C@H]1OCc1ccccc1. The summed E-state index contributed by atoms with van der Waals surface area (Å²) in [5.74, 6) is -0.899. The molecule has 1 aliphatic rings. The van der Waals surface area contributed by atoms with Gasteiger partial charge in [-0.2, -0.15) is 0 Å².